The smallest absolute Gasteiger partial charge is 0.271 e. The normalized spacial score (nSPS) is 11.2. The van der Waals surface area contributed by atoms with Crippen LogP contribution in [0.15, 0.2) is 82.8 Å². The quantitative estimate of drug-likeness (QED) is 0.417. The highest BCUT2D eigenvalue weighted by Crippen LogP contribution is 2.23. The lowest BCUT2D eigenvalue weighted by Crippen LogP contribution is -2.26. The molecule has 0 heterocycles. The van der Waals surface area contributed by atoms with Gasteiger partial charge >= 0.3 is 0 Å². The molecule has 0 aliphatic carbocycles. The second kappa shape index (κ2) is 9.97. The van der Waals surface area contributed by atoms with E-state index in [0.29, 0.717) is 28.3 Å². The fourth-order valence-electron chi connectivity index (χ4n) is 2.88. The lowest BCUT2D eigenvalue weighted by molar-refractivity contribution is 0.0955. The zero-order valence-electron chi connectivity index (χ0n) is 17.8. The summed E-state index contributed by atoms with van der Waals surface area (Å²) in [5.74, 6) is 0.766. The Morgan fingerprint density at radius 3 is 2.28 bits per heavy atom. The molecule has 0 radical (unpaired) electrons. The molecule has 1 N–H and O–H groups in total. The molecule has 0 spiro atoms. The number of hydrazone groups is 1. The van der Waals surface area contributed by atoms with Gasteiger partial charge in [0.05, 0.1) is 31.0 Å². The van der Waals surface area contributed by atoms with E-state index in [0.717, 1.165) is 4.31 Å². The van der Waals surface area contributed by atoms with Crippen LogP contribution in [0.3, 0.4) is 0 Å². The average Bonchev–Trinajstić information content (AvgIpc) is 2.84. The Morgan fingerprint density at radius 2 is 1.66 bits per heavy atom. The van der Waals surface area contributed by atoms with Crippen LogP contribution in [0.25, 0.3) is 0 Å². The van der Waals surface area contributed by atoms with E-state index in [2.05, 4.69) is 10.5 Å². The minimum absolute atomic E-state index is 0.187. The number of rotatable bonds is 8. The molecule has 9 heteroatoms. The molecule has 0 saturated carbocycles. The highest BCUT2D eigenvalue weighted by molar-refractivity contribution is 7.92. The Kier molecular flexibility index (Phi) is 7.11. The summed E-state index contributed by atoms with van der Waals surface area (Å²) in [7, 11) is 0.855. The van der Waals surface area contributed by atoms with Crippen LogP contribution in [0, 0.1) is 0 Å². The maximum Gasteiger partial charge on any atom is 0.271 e. The predicted molar refractivity (Wildman–Crippen MR) is 123 cm³/mol. The molecule has 0 saturated heterocycles. The number of nitrogens with zero attached hydrogens (tertiary/aromatic N) is 2. The van der Waals surface area contributed by atoms with Crippen molar-refractivity contribution >= 4 is 27.8 Å². The zero-order valence-corrected chi connectivity index (χ0v) is 18.7. The van der Waals surface area contributed by atoms with E-state index in [4.69, 9.17) is 9.47 Å². The van der Waals surface area contributed by atoms with E-state index in [1.807, 2.05) is 0 Å². The Bertz CT molecular complexity index is 1210. The molecule has 0 fully saturated rings. The van der Waals surface area contributed by atoms with Crippen LogP contribution in [-0.4, -0.2) is 41.8 Å². The molecular formula is C23H23N3O5S. The van der Waals surface area contributed by atoms with Gasteiger partial charge in [-0.25, -0.2) is 13.8 Å². The molecule has 166 valence electrons. The maximum atomic E-state index is 12.7. The monoisotopic (exact) mass is 453 g/mol. The molecule has 3 aromatic rings. The van der Waals surface area contributed by atoms with Crippen LogP contribution in [-0.2, 0) is 10.0 Å². The minimum Gasteiger partial charge on any atom is -0.497 e. The van der Waals surface area contributed by atoms with Gasteiger partial charge < -0.3 is 9.47 Å². The van der Waals surface area contributed by atoms with Crippen LogP contribution in [0.4, 0.5) is 5.69 Å². The Labute approximate surface area is 187 Å². The number of hydrogen-bond donors (Lipinski definition) is 1. The van der Waals surface area contributed by atoms with E-state index in [1.54, 1.807) is 55.6 Å². The number of anilines is 1. The molecule has 3 aromatic carbocycles. The second-order valence-corrected chi connectivity index (χ2v) is 8.61. The van der Waals surface area contributed by atoms with Crippen molar-refractivity contribution in [1.29, 1.82) is 0 Å². The highest BCUT2D eigenvalue weighted by atomic mass is 32.2. The van der Waals surface area contributed by atoms with Gasteiger partial charge in [0, 0.05) is 18.2 Å². The third kappa shape index (κ3) is 5.06. The first kappa shape index (κ1) is 22.8. The van der Waals surface area contributed by atoms with Crippen LogP contribution < -0.4 is 19.2 Å². The van der Waals surface area contributed by atoms with Gasteiger partial charge in [-0.15, -0.1) is 0 Å². The van der Waals surface area contributed by atoms with Crippen molar-refractivity contribution in [2.24, 2.45) is 5.10 Å². The number of ether oxygens (including phenoxy) is 2. The predicted octanol–water partition coefficient (Wildman–Crippen LogP) is 3.29. The van der Waals surface area contributed by atoms with Crippen molar-refractivity contribution in [2.45, 2.75) is 4.90 Å². The first-order valence-electron chi connectivity index (χ1n) is 9.56. The summed E-state index contributed by atoms with van der Waals surface area (Å²) in [4.78, 5) is 12.6. The SMILES string of the molecule is COc1ccc(OC)c(C=NNC(=O)c2ccc(N(C)S(=O)(=O)c3ccccc3)cc2)c1. The van der Waals surface area contributed by atoms with Crippen molar-refractivity contribution in [3.8, 4) is 11.5 Å². The van der Waals surface area contributed by atoms with E-state index < -0.39 is 15.9 Å². The molecule has 0 atom stereocenters. The van der Waals surface area contributed by atoms with Crippen LogP contribution in [0.5, 0.6) is 11.5 Å². The van der Waals surface area contributed by atoms with Crippen molar-refractivity contribution in [2.75, 3.05) is 25.6 Å². The number of carbonyl (C=O) groups is 1. The van der Waals surface area contributed by atoms with Gasteiger partial charge in [-0.3, -0.25) is 9.10 Å². The first-order chi connectivity index (χ1) is 15.4. The zero-order chi connectivity index (χ0) is 23.1. The molecule has 3 rings (SSSR count). The number of amides is 1. The second-order valence-electron chi connectivity index (χ2n) is 6.64. The maximum absolute atomic E-state index is 12.7. The highest BCUT2D eigenvalue weighted by Gasteiger charge is 2.21. The number of nitrogens with one attached hydrogen (secondary N) is 1. The third-order valence-electron chi connectivity index (χ3n) is 4.70. The lowest BCUT2D eigenvalue weighted by atomic mass is 10.2. The summed E-state index contributed by atoms with van der Waals surface area (Å²) in [6.45, 7) is 0. The summed E-state index contributed by atoms with van der Waals surface area (Å²) < 4.78 is 37.1. The summed E-state index contributed by atoms with van der Waals surface area (Å²) in [5.41, 5.74) is 3.83. The molecule has 0 aliphatic rings. The van der Waals surface area contributed by atoms with Gasteiger partial charge in [0.2, 0.25) is 0 Å². The summed E-state index contributed by atoms with van der Waals surface area (Å²) in [6.07, 6.45) is 1.45. The molecular weight excluding hydrogens is 430 g/mol. The Balaban J connectivity index is 1.70. The molecule has 1 amide bonds. The van der Waals surface area contributed by atoms with E-state index in [-0.39, 0.29) is 4.90 Å². The fourth-order valence-corrected chi connectivity index (χ4v) is 4.09. The third-order valence-corrected chi connectivity index (χ3v) is 6.50. The van der Waals surface area contributed by atoms with Gasteiger partial charge in [0.1, 0.15) is 11.5 Å². The molecule has 0 aliphatic heterocycles. The van der Waals surface area contributed by atoms with Crippen LogP contribution in [0.2, 0.25) is 0 Å². The van der Waals surface area contributed by atoms with Crippen molar-refractivity contribution < 1.29 is 22.7 Å². The fraction of sp³-hybridized carbons (Fsp3) is 0.130. The van der Waals surface area contributed by atoms with Crippen LogP contribution >= 0.6 is 0 Å². The molecule has 0 bridgehead atoms. The minimum atomic E-state index is -3.70. The number of carbonyl (C=O) groups excluding carboxylic acids is 1. The number of hydrogen-bond acceptors (Lipinski definition) is 6. The van der Waals surface area contributed by atoms with Gasteiger partial charge in [-0.05, 0) is 54.6 Å². The van der Waals surface area contributed by atoms with Crippen molar-refractivity contribution in [3.63, 3.8) is 0 Å². The Hall–Kier alpha value is -3.85. The van der Waals surface area contributed by atoms with Gasteiger partial charge in [-0.1, -0.05) is 18.2 Å². The van der Waals surface area contributed by atoms with Crippen LogP contribution in [0.1, 0.15) is 15.9 Å². The van der Waals surface area contributed by atoms with E-state index in [9.17, 15) is 13.2 Å². The lowest BCUT2D eigenvalue weighted by Gasteiger charge is -2.19. The number of methoxy groups -OCH3 is 2. The van der Waals surface area contributed by atoms with Gasteiger partial charge in [0.15, 0.2) is 0 Å². The summed E-state index contributed by atoms with van der Waals surface area (Å²) in [6, 6.07) is 19.5. The summed E-state index contributed by atoms with van der Waals surface area (Å²) >= 11 is 0. The topological polar surface area (TPSA) is 97.3 Å². The van der Waals surface area contributed by atoms with E-state index >= 15 is 0 Å². The largest absolute Gasteiger partial charge is 0.497 e. The van der Waals surface area contributed by atoms with Gasteiger partial charge in [0.25, 0.3) is 15.9 Å². The van der Waals surface area contributed by atoms with Crippen molar-refractivity contribution in [1.82, 2.24) is 5.43 Å². The molecule has 8 nitrogen and oxygen atoms in total. The Morgan fingerprint density at radius 1 is 0.969 bits per heavy atom. The summed E-state index contributed by atoms with van der Waals surface area (Å²) in [5, 5.41) is 3.97. The van der Waals surface area contributed by atoms with E-state index in [1.165, 1.54) is 44.6 Å². The van der Waals surface area contributed by atoms with Gasteiger partial charge in [-0.2, -0.15) is 5.10 Å². The molecule has 0 aromatic heterocycles. The standard InChI is InChI=1S/C23H23N3O5S/c1-26(32(28,29)21-7-5-4-6-8-21)19-11-9-17(10-12-19)23(27)25-24-16-18-15-20(30-2)13-14-22(18)31-3/h4-16H,1-3H3,(H,25,27). The average molecular weight is 454 g/mol. The molecule has 32 heavy (non-hydrogen) atoms. The number of sulfonamides is 1. The number of benzene rings is 3. The molecule has 0 unspecified atom stereocenters. The first-order valence-corrected chi connectivity index (χ1v) is 11.0. The van der Waals surface area contributed by atoms with Crippen molar-refractivity contribution in [3.05, 3.63) is 83.9 Å².